The van der Waals surface area contributed by atoms with Crippen LogP contribution in [0.5, 0.6) is 0 Å². The summed E-state index contributed by atoms with van der Waals surface area (Å²) in [6.07, 6.45) is 1.30. The number of hydrogen-bond acceptors (Lipinski definition) is 7. The van der Waals surface area contributed by atoms with E-state index in [1.54, 1.807) is 31.1 Å². The van der Waals surface area contributed by atoms with Crippen LogP contribution in [0.25, 0.3) is 0 Å². The second-order valence-corrected chi connectivity index (χ2v) is 4.55. The molecule has 0 saturated carbocycles. The first-order valence-electron chi connectivity index (χ1n) is 6.23. The summed E-state index contributed by atoms with van der Waals surface area (Å²) < 4.78 is 0. The minimum Gasteiger partial charge on any atom is -0.324 e. The summed E-state index contributed by atoms with van der Waals surface area (Å²) in [5, 5.41) is 13.0. The molecule has 8 nitrogen and oxygen atoms in total. The molecule has 1 N–H and O–H groups in total. The van der Waals surface area contributed by atoms with Gasteiger partial charge in [0.2, 0.25) is 11.6 Å². The van der Waals surface area contributed by atoms with Gasteiger partial charge in [0.05, 0.1) is 4.92 Å². The Kier molecular flexibility index (Phi) is 4.29. The topological polar surface area (TPSA) is 87.4 Å². The molecule has 0 amide bonds. The zero-order valence-electron chi connectivity index (χ0n) is 12.0. The SMILES string of the molecule is CN(C)Nc1ncnc(N(C)c2ccccc2)c1[N+](=O)[O-]. The normalized spacial score (nSPS) is 10.5. The number of nitrogens with zero attached hydrogens (tertiary/aromatic N) is 5. The van der Waals surface area contributed by atoms with Crippen molar-refractivity contribution in [1.29, 1.82) is 0 Å². The van der Waals surface area contributed by atoms with Crippen molar-refractivity contribution in [3.8, 4) is 0 Å². The number of nitro groups is 1. The van der Waals surface area contributed by atoms with Gasteiger partial charge in [0.15, 0.2) is 0 Å². The lowest BCUT2D eigenvalue weighted by atomic mass is 10.3. The zero-order chi connectivity index (χ0) is 15.4. The van der Waals surface area contributed by atoms with Crippen molar-refractivity contribution in [3.05, 3.63) is 46.8 Å². The fourth-order valence-corrected chi connectivity index (χ4v) is 1.85. The largest absolute Gasteiger partial charge is 0.355 e. The van der Waals surface area contributed by atoms with Crippen LogP contribution in [0.1, 0.15) is 0 Å². The van der Waals surface area contributed by atoms with Crippen LogP contribution in [0.4, 0.5) is 23.0 Å². The van der Waals surface area contributed by atoms with Gasteiger partial charge in [-0.15, -0.1) is 0 Å². The molecule has 1 aromatic carbocycles. The average molecular weight is 288 g/mol. The predicted molar refractivity (Wildman–Crippen MR) is 80.5 cm³/mol. The highest BCUT2D eigenvalue weighted by atomic mass is 16.6. The van der Waals surface area contributed by atoms with E-state index in [2.05, 4.69) is 15.4 Å². The maximum atomic E-state index is 11.4. The Morgan fingerprint density at radius 1 is 1.14 bits per heavy atom. The smallest absolute Gasteiger partial charge is 0.324 e. The Morgan fingerprint density at radius 2 is 1.81 bits per heavy atom. The van der Waals surface area contributed by atoms with Crippen LogP contribution in [-0.4, -0.2) is 41.0 Å². The van der Waals surface area contributed by atoms with E-state index in [0.29, 0.717) is 0 Å². The molecule has 0 radical (unpaired) electrons. The molecule has 1 heterocycles. The van der Waals surface area contributed by atoms with E-state index in [1.807, 2.05) is 30.3 Å². The summed E-state index contributed by atoms with van der Waals surface area (Å²) in [6, 6.07) is 9.30. The van der Waals surface area contributed by atoms with Crippen molar-refractivity contribution in [2.24, 2.45) is 0 Å². The molecule has 0 spiro atoms. The highest BCUT2D eigenvalue weighted by Crippen LogP contribution is 2.34. The summed E-state index contributed by atoms with van der Waals surface area (Å²) in [5.41, 5.74) is 3.45. The highest BCUT2D eigenvalue weighted by Gasteiger charge is 2.26. The van der Waals surface area contributed by atoms with E-state index in [-0.39, 0.29) is 17.3 Å². The van der Waals surface area contributed by atoms with Gasteiger partial charge in [-0.05, 0) is 12.1 Å². The van der Waals surface area contributed by atoms with Crippen molar-refractivity contribution in [1.82, 2.24) is 15.0 Å². The molecule has 2 aromatic rings. The molecular weight excluding hydrogens is 272 g/mol. The summed E-state index contributed by atoms with van der Waals surface area (Å²) >= 11 is 0. The van der Waals surface area contributed by atoms with E-state index in [4.69, 9.17) is 0 Å². The number of aromatic nitrogens is 2. The lowest BCUT2D eigenvalue weighted by Crippen LogP contribution is -2.22. The lowest BCUT2D eigenvalue weighted by molar-refractivity contribution is -0.383. The van der Waals surface area contributed by atoms with E-state index < -0.39 is 4.92 Å². The Balaban J connectivity index is 2.50. The van der Waals surface area contributed by atoms with E-state index >= 15 is 0 Å². The molecule has 1 aromatic heterocycles. The maximum absolute atomic E-state index is 11.4. The third kappa shape index (κ3) is 3.23. The molecule has 0 aliphatic carbocycles. The third-order valence-electron chi connectivity index (χ3n) is 2.78. The molecule has 2 rings (SSSR count). The van der Waals surface area contributed by atoms with Gasteiger partial charge in [0.25, 0.3) is 0 Å². The van der Waals surface area contributed by atoms with Gasteiger partial charge in [0, 0.05) is 26.8 Å². The summed E-state index contributed by atoms with van der Waals surface area (Å²) in [5.74, 6) is 0.378. The molecule has 0 atom stereocenters. The van der Waals surface area contributed by atoms with E-state index in [9.17, 15) is 10.1 Å². The molecule has 8 heteroatoms. The first-order valence-corrected chi connectivity index (χ1v) is 6.23. The fourth-order valence-electron chi connectivity index (χ4n) is 1.85. The van der Waals surface area contributed by atoms with E-state index in [1.165, 1.54) is 6.33 Å². The van der Waals surface area contributed by atoms with Gasteiger partial charge in [-0.2, -0.15) is 0 Å². The van der Waals surface area contributed by atoms with Crippen LogP contribution in [0.15, 0.2) is 36.7 Å². The van der Waals surface area contributed by atoms with Crippen LogP contribution in [0.2, 0.25) is 0 Å². The second-order valence-electron chi connectivity index (χ2n) is 4.55. The fraction of sp³-hybridized carbons (Fsp3) is 0.231. The summed E-state index contributed by atoms with van der Waals surface area (Å²) in [4.78, 5) is 20.6. The molecule has 0 saturated heterocycles. The van der Waals surface area contributed by atoms with Gasteiger partial charge in [0.1, 0.15) is 6.33 Å². The minimum absolute atomic E-state index is 0.151. The summed E-state index contributed by atoms with van der Waals surface area (Å²) in [6.45, 7) is 0. The van der Waals surface area contributed by atoms with Crippen molar-refractivity contribution in [3.63, 3.8) is 0 Å². The predicted octanol–water partition coefficient (Wildman–Crippen LogP) is 2.04. The Labute approximate surface area is 122 Å². The Hall–Kier alpha value is -2.74. The quantitative estimate of drug-likeness (QED) is 0.665. The lowest BCUT2D eigenvalue weighted by Gasteiger charge is -2.19. The first-order chi connectivity index (χ1) is 10.0. The molecule has 0 aliphatic rings. The van der Waals surface area contributed by atoms with Crippen LogP contribution in [-0.2, 0) is 0 Å². The van der Waals surface area contributed by atoms with Crippen molar-refractivity contribution in [2.75, 3.05) is 31.5 Å². The van der Waals surface area contributed by atoms with Gasteiger partial charge in [-0.25, -0.2) is 15.0 Å². The molecule has 0 bridgehead atoms. The maximum Gasteiger partial charge on any atom is 0.355 e. The number of benzene rings is 1. The third-order valence-corrected chi connectivity index (χ3v) is 2.78. The number of anilines is 3. The van der Waals surface area contributed by atoms with Crippen LogP contribution < -0.4 is 10.3 Å². The van der Waals surface area contributed by atoms with E-state index in [0.717, 1.165) is 5.69 Å². The van der Waals surface area contributed by atoms with Gasteiger partial charge in [-0.1, -0.05) is 18.2 Å². The number of para-hydroxylation sites is 1. The number of nitrogens with one attached hydrogen (secondary N) is 1. The zero-order valence-corrected chi connectivity index (χ0v) is 12.0. The molecule has 0 aliphatic heterocycles. The second kappa shape index (κ2) is 6.14. The minimum atomic E-state index is -0.486. The standard InChI is InChI=1S/C13H16N6O2/c1-17(2)16-12-11(19(20)21)13(15-9-14-12)18(3)10-7-5-4-6-8-10/h4-9H,1-3H3,(H,14,15,16). The average Bonchev–Trinajstić information content (AvgIpc) is 2.46. The first kappa shape index (κ1) is 14.7. The molecule has 0 fully saturated rings. The van der Waals surface area contributed by atoms with Crippen molar-refractivity contribution in [2.45, 2.75) is 0 Å². The molecule has 21 heavy (non-hydrogen) atoms. The number of hydrazine groups is 1. The van der Waals surface area contributed by atoms with Gasteiger partial charge < -0.3 is 4.90 Å². The molecular formula is C13H16N6O2. The molecule has 110 valence electrons. The summed E-state index contributed by atoms with van der Waals surface area (Å²) in [7, 11) is 5.18. The Bertz CT molecular complexity index is 632. The van der Waals surface area contributed by atoms with Crippen LogP contribution >= 0.6 is 0 Å². The monoisotopic (exact) mass is 288 g/mol. The van der Waals surface area contributed by atoms with Crippen LogP contribution in [0.3, 0.4) is 0 Å². The van der Waals surface area contributed by atoms with Gasteiger partial charge in [-0.3, -0.25) is 15.5 Å². The highest BCUT2D eigenvalue weighted by molar-refractivity contribution is 5.74. The van der Waals surface area contributed by atoms with Crippen LogP contribution in [0, 0.1) is 10.1 Å². The Morgan fingerprint density at radius 3 is 2.38 bits per heavy atom. The van der Waals surface area contributed by atoms with Crippen molar-refractivity contribution < 1.29 is 4.92 Å². The number of hydrogen-bond donors (Lipinski definition) is 1. The van der Waals surface area contributed by atoms with Gasteiger partial charge >= 0.3 is 5.69 Å². The number of rotatable bonds is 5. The molecule has 0 unspecified atom stereocenters. The van der Waals surface area contributed by atoms with Crippen molar-refractivity contribution >= 4 is 23.0 Å².